The first-order valence-electron chi connectivity index (χ1n) is 25.8. The maximum Gasteiger partial charge on any atom is 0.319 e. The number of phenols is 1. The van der Waals surface area contributed by atoms with E-state index in [-0.39, 0.29) is 76.3 Å². The Balaban J connectivity index is 0.644. The highest BCUT2D eigenvalue weighted by Crippen LogP contribution is 2.64. The third-order valence-corrected chi connectivity index (χ3v) is 16.5. The average Bonchev–Trinajstić information content (AvgIpc) is 3.84. The zero-order valence-electron chi connectivity index (χ0n) is 40.9. The summed E-state index contributed by atoms with van der Waals surface area (Å²) in [5, 5.41) is 22.3. The molecule has 1 aliphatic carbocycles. The molecule has 3 aromatic carbocycles. The van der Waals surface area contributed by atoms with Gasteiger partial charge in [-0.15, -0.1) is 6.42 Å². The number of aliphatic hydroxyl groups excluding tert-OH is 1. The fourth-order valence-corrected chi connectivity index (χ4v) is 13.0. The van der Waals surface area contributed by atoms with Crippen molar-refractivity contribution in [1.29, 1.82) is 0 Å². The number of halogens is 3. The normalized spacial score (nSPS) is 26.6. The summed E-state index contributed by atoms with van der Waals surface area (Å²) in [6.45, 7) is 6.97. The summed E-state index contributed by atoms with van der Waals surface area (Å²) in [6.07, 6.45) is 10.4. The van der Waals surface area contributed by atoms with Crippen molar-refractivity contribution in [3.05, 3.63) is 83.0 Å². The largest absolute Gasteiger partial charge is 0.508 e. The number of likely N-dealkylation sites (tertiary alicyclic amines) is 2. The van der Waals surface area contributed by atoms with E-state index in [0.717, 1.165) is 63.2 Å². The summed E-state index contributed by atoms with van der Waals surface area (Å²) in [5.41, 5.74) is 9.19. The second-order valence-electron chi connectivity index (χ2n) is 20.8. The predicted octanol–water partition coefficient (Wildman–Crippen LogP) is 6.48. The summed E-state index contributed by atoms with van der Waals surface area (Å²) in [7, 11) is 0. The number of aromatic nitrogens is 6. The van der Waals surface area contributed by atoms with Gasteiger partial charge in [0.15, 0.2) is 17.6 Å². The lowest BCUT2D eigenvalue weighted by Gasteiger charge is -2.34. The van der Waals surface area contributed by atoms with Crippen LogP contribution < -0.4 is 24.8 Å². The Morgan fingerprint density at radius 1 is 0.933 bits per heavy atom. The minimum absolute atomic E-state index is 0.00943. The molecule has 17 nitrogen and oxygen atoms in total. The van der Waals surface area contributed by atoms with Gasteiger partial charge >= 0.3 is 6.01 Å². The molecule has 4 aromatic heterocycles. The Hall–Kier alpha value is -6.50. The maximum absolute atomic E-state index is 17.1. The molecule has 5 saturated heterocycles. The van der Waals surface area contributed by atoms with Gasteiger partial charge in [0, 0.05) is 79.5 Å². The molecule has 9 heterocycles. The molecular weight excluding hydrogens is 986 g/mol. The number of aromatic amines is 1. The number of aliphatic hydroxyl groups is 1. The summed E-state index contributed by atoms with van der Waals surface area (Å²) in [4.78, 5) is 33.6. The van der Waals surface area contributed by atoms with Gasteiger partial charge in [0.1, 0.15) is 65.9 Å². The van der Waals surface area contributed by atoms with Gasteiger partial charge in [0.2, 0.25) is 0 Å². The quantitative estimate of drug-likeness (QED) is 0.0914. The molecule has 7 aromatic rings. The first-order valence-corrected chi connectivity index (χ1v) is 26.2. The highest BCUT2D eigenvalue weighted by molar-refractivity contribution is 6.33. The van der Waals surface area contributed by atoms with E-state index in [1.807, 2.05) is 24.3 Å². The monoisotopic (exact) mass is 1040 g/mol. The second kappa shape index (κ2) is 19.3. The van der Waals surface area contributed by atoms with E-state index in [1.54, 1.807) is 6.07 Å². The first kappa shape index (κ1) is 48.2. The fraction of sp³-hybridized carbons (Fsp3) is 0.436. The zero-order chi connectivity index (χ0) is 51.1. The number of phenolic OH excluding ortho intramolecular Hbond substituents is 1. The Morgan fingerprint density at radius 2 is 1.79 bits per heavy atom. The molecular formula is C55H55ClF2N10O7. The molecule has 0 amide bonds. The highest BCUT2D eigenvalue weighted by Gasteiger charge is 2.71. The van der Waals surface area contributed by atoms with Crippen molar-refractivity contribution < 1.29 is 42.7 Å². The van der Waals surface area contributed by atoms with E-state index in [2.05, 4.69) is 40.6 Å². The molecule has 75 heavy (non-hydrogen) atoms. The lowest BCUT2D eigenvalue weighted by molar-refractivity contribution is 0.00706. The van der Waals surface area contributed by atoms with Gasteiger partial charge in [0.05, 0.1) is 40.4 Å². The Kier molecular flexibility index (Phi) is 12.4. The van der Waals surface area contributed by atoms with Crippen molar-refractivity contribution in [2.24, 2.45) is 17.1 Å². The molecule has 2 unspecified atom stereocenters. The Bertz CT molecular complexity index is 3400. The molecule has 1 saturated carbocycles. The minimum atomic E-state index is -0.767. The van der Waals surface area contributed by atoms with E-state index in [9.17, 15) is 10.2 Å². The number of anilines is 1. The number of rotatable bonds is 13. The first-order chi connectivity index (χ1) is 36.5. The number of hydrogen-bond donors (Lipinski definition) is 4. The summed E-state index contributed by atoms with van der Waals surface area (Å²) in [5.74, 6) is 2.64. The molecule has 6 fully saturated rings. The molecule has 0 bridgehead atoms. The average molecular weight is 1040 g/mol. The van der Waals surface area contributed by atoms with Crippen LogP contribution >= 0.6 is 11.6 Å². The van der Waals surface area contributed by atoms with Crippen molar-refractivity contribution >= 4 is 50.3 Å². The van der Waals surface area contributed by atoms with Crippen LogP contribution in [0.5, 0.6) is 23.5 Å². The van der Waals surface area contributed by atoms with Crippen LogP contribution in [0.4, 0.5) is 14.6 Å². The van der Waals surface area contributed by atoms with Gasteiger partial charge in [-0.25, -0.2) is 13.8 Å². The summed E-state index contributed by atoms with van der Waals surface area (Å²) < 4.78 is 62.2. The van der Waals surface area contributed by atoms with E-state index in [1.165, 1.54) is 36.9 Å². The third-order valence-electron chi connectivity index (χ3n) is 16.2. The van der Waals surface area contributed by atoms with E-state index in [4.69, 9.17) is 57.4 Å². The van der Waals surface area contributed by atoms with Crippen LogP contribution in [0.1, 0.15) is 37.7 Å². The predicted molar refractivity (Wildman–Crippen MR) is 276 cm³/mol. The van der Waals surface area contributed by atoms with Gasteiger partial charge in [-0.2, -0.15) is 15.0 Å². The summed E-state index contributed by atoms with van der Waals surface area (Å²) >= 11 is 6.73. The topological polar surface area (TPSA) is 203 Å². The molecule has 5 N–H and O–H groups in total. The molecule has 8 atom stereocenters. The maximum atomic E-state index is 17.1. The van der Waals surface area contributed by atoms with E-state index < -0.39 is 29.9 Å². The standard InChI is InChI=1S/C55H55ClF2N10O7/c1-2-34-39(57)12-9-30-20-32(69)21-35(43(30)34)46-44(58)47-36(23-60-46)52(68-14-4-3-6-31(59)24-68)65-53(63-47)72-18-16-66-25-37-50-55(37,28-66)13-5-15-67(50)17-19-71-33-10-7-29(8-11-33)45-38(56)22-40-51(62-45)64-54(61-40)75-42-27-74-48-41(70)26-73-49(42)48/h1,7-12,20-23,31,37,41-42,48-50,69-70H,3-6,13-19,24-28,59H2,(H,61,62,64)/t31-,37?,41-,42-,48-,49-,50?,55-/m1/s1. The second-order valence-corrected chi connectivity index (χ2v) is 21.2. The lowest BCUT2D eigenvalue weighted by atomic mass is 9.95. The molecule has 1 spiro atoms. The van der Waals surface area contributed by atoms with E-state index >= 15 is 8.78 Å². The fourth-order valence-electron chi connectivity index (χ4n) is 12.7. The Labute approximate surface area is 435 Å². The molecule has 6 aliphatic rings. The number of benzene rings is 3. The van der Waals surface area contributed by atoms with Gasteiger partial charge in [-0.05, 0) is 92.1 Å². The summed E-state index contributed by atoms with van der Waals surface area (Å²) in [6, 6.07) is 15.8. The SMILES string of the molecule is C#Cc1c(F)ccc2cc(O)cc(-c3ncc4c(N5CCCC[C@@H](N)C5)nc(OCCN5CC6C7N(CCOc8ccc(-c9nc%10nc(O[C@@H]%11CO[C@H]%12[C@@H]%11OC[C@H]%12O)[nH]c%10cc9Cl)cc8)CCC[C@@]67C5)nc4c3F)c12. The smallest absolute Gasteiger partial charge is 0.319 e. The Morgan fingerprint density at radius 3 is 2.65 bits per heavy atom. The van der Waals surface area contributed by atoms with Crippen molar-refractivity contribution in [2.45, 2.75) is 68.6 Å². The highest BCUT2D eigenvalue weighted by atomic mass is 35.5. The lowest BCUT2D eigenvalue weighted by Crippen LogP contribution is -2.43. The molecule has 13 rings (SSSR count). The van der Waals surface area contributed by atoms with Crippen LogP contribution in [-0.4, -0.2) is 159 Å². The van der Waals surface area contributed by atoms with Gasteiger partial charge in [-0.1, -0.05) is 30.0 Å². The molecule has 388 valence electrons. The third kappa shape index (κ3) is 8.69. The molecule has 5 aliphatic heterocycles. The van der Waals surface area contributed by atoms with Crippen molar-refractivity contribution in [3.8, 4) is 58.4 Å². The number of pyridine rings is 2. The van der Waals surface area contributed by atoms with Crippen molar-refractivity contribution in [3.63, 3.8) is 0 Å². The van der Waals surface area contributed by atoms with E-state index in [0.29, 0.717) is 83.3 Å². The zero-order valence-corrected chi connectivity index (χ0v) is 41.7. The number of terminal acetylenes is 1. The van der Waals surface area contributed by atoms with Gasteiger partial charge < -0.3 is 49.5 Å². The number of aromatic hydroxyl groups is 1. The number of piperidine rings is 2. The van der Waals surface area contributed by atoms with Gasteiger partial charge in [0.25, 0.3) is 6.01 Å². The van der Waals surface area contributed by atoms with Crippen molar-refractivity contribution in [1.82, 2.24) is 39.7 Å². The number of H-pyrrole nitrogens is 1. The van der Waals surface area contributed by atoms with Crippen LogP contribution in [0, 0.1) is 35.3 Å². The minimum Gasteiger partial charge on any atom is -0.508 e. The van der Waals surface area contributed by atoms with Crippen LogP contribution in [0.2, 0.25) is 5.02 Å². The number of ether oxygens (including phenoxy) is 5. The number of nitrogens with two attached hydrogens (primary N) is 1. The van der Waals surface area contributed by atoms with Crippen LogP contribution in [0.25, 0.3) is 55.4 Å². The van der Waals surface area contributed by atoms with Crippen LogP contribution in [0.15, 0.2) is 60.8 Å². The number of fused-ring (bicyclic) bond motifs is 5. The number of nitrogens with zero attached hydrogens (tertiary/aromatic N) is 8. The van der Waals surface area contributed by atoms with Crippen molar-refractivity contribution in [2.75, 3.05) is 77.1 Å². The van der Waals surface area contributed by atoms with Crippen LogP contribution in [0.3, 0.4) is 0 Å². The number of hydrogen-bond acceptors (Lipinski definition) is 16. The number of nitrogens with one attached hydrogen (secondary N) is 1. The number of imidazole rings is 1. The van der Waals surface area contributed by atoms with Gasteiger partial charge in [-0.3, -0.25) is 14.8 Å². The molecule has 20 heteroatoms. The molecule has 0 radical (unpaired) electrons. The van der Waals surface area contributed by atoms with Crippen LogP contribution in [-0.2, 0) is 9.47 Å².